The molecule has 0 aliphatic heterocycles. The van der Waals surface area contributed by atoms with E-state index in [9.17, 15) is 4.79 Å². The summed E-state index contributed by atoms with van der Waals surface area (Å²) in [6.07, 6.45) is 14.0. The number of hydrogen-bond donors (Lipinski definition) is 0. The van der Waals surface area contributed by atoms with Crippen LogP contribution in [0.25, 0.3) is 0 Å². The summed E-state index contributed by atoms with van der Waals surface area (Å²) in [7, 11) is 0. The van der Waals surface area contributed by atoms with Crippen LogP contribution in [0.2, 0.25) is 0 Å². The Bertz CT molecular complexity index is 284. The van der Waals surface area contributed by atoms with Crippen molar-refractivity contribution in [3.8, 4) is 0 Å². The van der Waals surface area contributed by atoms with E-state index in [0.717, 1.165) is 25.7 Å². The molecular formula is C18H32O. The molecule has 1 fully saturated rings. The first-order chi connectivity index (χ1) is 9.19. The standard InChI is InChI=1S/C18H32O/c1-4-6-10-16(5-2)15(3)13-14-18(19)17-11-8-7-9-12-17/h5,15,17H,4,6-14H2,1-3H3/b16-5+. The van der Waals surface area contributed by atoms with Crippen molar-refractivity contribution in [3.63, 3.8) is 0 Å². The number of rotatable bonds is 8. The minimum absolute atomic E-state index is 0.394. The zero-order valence-electron chi connectivity index (χ0n) is 13.2. The second-order valence-corrected chi connectivity index (χ2v) is 6.21. The van der Waals surface area contributed by atoms with Gasteiger partial charge in [-0.2, -0.15) is 0 Å². The molecule has 1 aliphatic carbocycles. The average molecular weight is 264 g/mol. The Morgan fingerprint density at radius 3 is 2.47 bits per heavy atom. The van der Waals surface area contributed by atoms with Gasteiger partial charge >= 0.3 is 0 Å². The third kappa shape index (κ3) is 5.93. The summed E-state index contributed by atoms with van der Waals surface area (Å²) < 4.78 is 0. The van der Waals surface area contributed by atoms with E-state index in [1.807, 2.05) is 0 Å². The van der Waals surface area contributed by atoms with Crippen LogP contribution in [0.3, 0.4) is 0 Å². The quantitative estimate of drug-likeness (QED) is 0.515. The molecule has 0 amide bonds. The van der Waals surface area contributed by atoms with Crippen LogP contribution < -0.4 is 0 Å². The average Bonchev–Trinajstić information content (AvgIpc) is 2.46. The summed E-state index contributed by atoms with van der Waals surface area (Å²) in [4.78, 5) is 12.2. The van der Waals surface area contributed by atoms with Gasteiger partial charge in [0, 0.05) is 12.3 Å². The summed E-state index contributed by atoms with van der Waals surface area (Å²) in [5.74, 6) is 1.52. The molecule has 0 radical (unpaired) electrons. The molecule has 1 heteroatoms. The molecule has 1 aliphatic rings. The van der Waals surface area contributed by atoms with E-state index >= 15 is 0 Å². The summed E-state index contributed by atoms with van der Waals surface area (Å²) >= 11 is 0. The smallest absolute Gasteiger partial charge is 0.135 e. The van der Waals surface area contributed by atoms with Crippen LogP contribution >= 0.6 is 0 Å². The van der Waals surface area contributed by atoms with Gasteiger partial charge in [0.15, 0.2) is 0 Å². The predicted molar refractivity (Wildman–Crippen MR) is 83.3 cm³/mol. The Hall–Kier alpha value is -0.590. The van der Waals surface area contributed by atoms with Gasteiger partial charge in [-0.1, -0.05) is 51.2 Å². The van der Waals surface area contributed by atoms with Gasteiger partial charge in [-0.3, -0.25) is 4.79 Å². The van der Waals surface area contributed by atoms with Gasteiger partial charge in [-0.05, 0) is 44.9 Å². The molecule has 0 saturated heterocycles. The molecule has 1 unspecified atom stereocenters. The second kappa shape index (κ2) is 9.34. The van der Waals surface area contributed by atoms with Gasteiger partial charge in [0.05, 0.1) is 0 Å². The van der Waals surface area contributed by atoms with E-state index in [1.165, 1.54) is 38.5 Å². The normalized spacial score (nSPS) is 19.4. The first-order valence-corrected chi connectivity index (χ1v) is 8.36. The molecule has 0 N–H and O–H groups in total. The van der Waals surface area contributed by atoms with E-state index in [1.54, 1.807) is 5.57 Å². The van der Waals surface area contributed by atoms with Crippen molar-refractivity contribution in [2.24, 2.45) is 11.8 Å². The third-order valence-electron chi connectivity index (χ3n) is 4.71. The summed E-state index contributed by atoms with van der Waals surface area (Å²) in [6, 6.07) is 0. The van der Waals surface area contributed by atoms with Crippen molar-refractivity contribution in [3.05, 3.63) is 11.6 Å². The summed E-state index contributed by atoms with van der Waals surface area (Å²) in [6.45, 7) is 6.67. The minimum atomic E-state index is 0.394. The fourth-order valence-corrected chi connectivity index (χ4v) is 3.23. The molecule has 1 atom stereocenters. The number of carbonyl (C=O) groups is 1. The number of unbranched alkanes of at least 4 members (excludes halogenated alkanes) is 1. The minimum Gasteiger partial charge on any atom is -0.299 e. The molecule has 1 saturated carbocycles. The molecule has 0 spiro atoms. The maximum Gasteiger partial charge on any atom is 0.135 e. The molecule has 19 heavy (non-hydrogen) atoms. The van der Waals surface area contributed by atoms with Crippen LogP contribution in [0.15, 0.2) is 11.6 Å². The lowest BCUT2D eigenvalue weighted by Crippen LogP contribution is -2.18. The van der Waals surface area contributed by atoms with Gasteiger partial charge in [0.1, 0.15) is 5.78 Å². The molecular weight excluding hydrogens is 232 g/mol. The number of allylic oxidation sites excluding steroid dienone is 2. The highest BCUT2D eigenvalue weighted by Crippen LogP contribution is 2.28. The second-order valence-electron chi connectivity index (χ2n) is 6.21. The van der Waals surface area contributed by atoms with Crippen molar-refractivity contribution in [1.29, 1.82) is 0 Å². The molecule has 0 heterocycles. The highest BCUT2D eigenvalue weighted by atomic mass is 16.1. The lowest BCUT2D eigenvalue weighted by molar-refractivity contribution is -0.124. The van der Waals surface area contributed by atoms with Crippen LogP contribution in [-0.4, -0.2) is 5.78 Å². The summed E-state index contributed by atoms with van der Waals surface area (Å²) in [5, 5.41) is 0. The Kier molecular flexibility index (Phi) is 8.09. The van der Waals surface area contributed by atoms with Gasteiger partial charge < -0.3 is 0 Å². The molecule has 0 aromatic heterocycles. The summed E-state index contributed by atoms with van der Waals surface area (Å²) in [5.41, 5.74) is 1.55. The first kappa shape index (κ1) is 16.5. The Morgan fingerprint density at radius 1 is 1.21 bits per heavy atom. The highest BCUT2D eigenvalue weighted by molar-refractivity contribution is 5.81. The number of hydrogen-bond acceptors (Lipinski definition) is 1. The van der Waals surface area contributed by atoms with Crippen LogP contribution in [0.5, 0.6) is 0 Å². The van der Waals surface area contributed by atoms with Crippen molar-refractivity contribution >= 4 is 5.78 Å². The molecule has 0 aromatic carbocycles. The number of carbonyl (C=O) groups excluding carboxylic acids is 1. The van der Waals surface area contributed by atoms with Crippen molar-refractivity contribution in [2.75, 3.05) is 0 Å². The first-order valence-electron chi connectivity index (χ1n) is 8.36. The van der Waals surface area contributed by atoms with Gasteiger partial charge in [0.25, 0.3) is 0 Å². The predicted octanol–water partition coefficient (Wildman–Crippen LogP) is 5.69. The van der Waals surface area contributed by atoms with E-state index in [4.69, 9.17) is 0 Å². The fourth-order valence-electron chi connectivity index (χ4n) is 3.23. The van der Waals surface area contributed by atoms with E-state index in [0.29, 0.717) is 17.6 Å². The monoisotopic (exact) mass is 264 g/mol. The molecule has 0 bridgehead atoms. The third-order valence-corrected chi connectivity index (χ3v) is 4.71. The number of Topliss-reactive ketones (excluding diaryl/α,β-unsaturated/α-hetero) is 1. The van der Waals surface area contributed by atoms with Crippen LogP contribution in [-0.2, 0) is 4.79 Å². The van der Waals surface area contributed by atoms with Crippen molar-refractivity contribution < 1.29 is 4.79 Å². The van der Waals surface area contributed by atoms with E-state index < -0.39 is 0 Å². The van der Waals surface area contributed by atoms with Gasteiger partial charge in [0.2, 0.25) is 0 Å². The van der Waals surface area contributed by atoms with Crippen molar-refractivity contribution in [2.45, 2.75) is 85.0 Å². The lowest BCUT2D eigenvalue weighted by Gasteiger charge is -2.21. The molecule has 110 valence electrons. The lowest BCUT2D eigenvalue weighted by atomic mass is 9.83. The zero-order chi connectivity index (χ0) is 14.1. The largest absolute Gasteiger partial charge is 0.299 e. The Morgan fingerprint density at radius 2 is 1.89 bits per heavy atom. The van der Waals surface area contributed by atoms with Gasteiger partial charge in [-0.25, -0.2) is 0 Å². The van der Waals surface area contributed by atoms with Crippen LogP contribution in [0.4, 0.5) is 0 Å². The van der Waals surface area contributed by atoms with Crippen LogP contribution in [0, 0.1) is 11.8 Å². The van der Waals surface area contributed by atoms with E-state index in [-0.39, 0.29) is 0 Å². The fraction of sp³-hybridized carbons (Fsp3) is 0.833. The van der Waals surface area contributed by atoms with Crippen molar-refractivity contribution in [1.82, 2.24) is 0 Å². The highest BCUT2D eigenvalue weighted by Gasteiger charge is 2.21. The SMILES string of the molecule is C/C=C(\CCCC)C(C)CCC(=O)C1CCCCC1. The molecule has 1 rings (SSSR count). The maximum absolute atomic E-state index is 12.2. The zero-order valence-corrected chi connectivity index (χ0v) is 13.2. The number of ketones is 1. The molecule has 1 nitrogen and oxygen atoms in total. The topological polar surface area (TPSA) is 17.1 Å². The van der Waals surface area contributed by atoms with E-state index in [2.05, 4.69) is 26.8 Å². The Labute approximate surface area is 119 Å². The Balaban J connectivity index is 2.31. The molecule has 0 aromatic rings. The van der Waals surface area contributed by atoms with Gasteiger partial charge in [-0.15, -0.1) is 0 Å². The van der Waals surface area contributed by atoms with Crippen LogP contribution in [0.1, 0.15) is 85.0 Å². The maximum atomic E-state index is 12.2.